The van der Waals surface area contributed by atoms with E-state index in [1.54, 1.807) is 41.5 Å². The number of alkyl carbamates (subject to hydrolysis) is 1. The van der Waals surface area contributed by atoms with Crippen molar-refractivity contribution in [2.24, 2.45) is 11.8 Å². The molecule has 1 heterocycles. The molecule has 1 N–H and O–H groups in total. The second kappa shape index (κ2) is 12.0. The smallest absolute Gasteiger partial charge is 0.410 e. The lowest BCUT2D eigenvalue weighted by molar-refractivity contribution is -0.124. The molecule has 3 aliphatic rings. The average molecular weight is 611 g/mol. The van der Waals surface area contributed by atoms with Crippen LogP contribution in [0.2, 0.25) is 0 Å². The molecule has 0 aromatic heterocycles. The zero-order chi connectivity index (χ0) is 32.7. The van der Waals surface area contributed by atoms with Crippen LogP contribution in [0, 0.1) is 11.8 Å². The van der Waals surface area contributed by atoms with Gasteiger partial charge in [-0.15, -0.1) is 0 Å². The molecule has 4 rings (SSSR count). The Morgan fingerprint density at radius 3 is 1.77 bits per heavy atom. The van der Waals surface area contributed by atoms with Gasteiger partial charge in [0, 0.05) is 41.8 Å². The summed E-state index contributed by atoms with van der Waals surface area (Å²) in [4.78, 5) is 105. The highest BCUT2D eigenvalue weighted by Crippen LogP contribution is 2.37. The topological polar surface area (TPSA) is 170 Å². The monoisotopic (exact) mass is 610 g/mol. The van der Waals surface area contributed by atoms with E-state index in [1.807, 2.05) is 0 Å². The molecule has 1 aromatic carbocycles. The largest absolute Gasteiger partial charge is 0.444 e. The van der Waals surface area contributed by atoms with Gasteiger partial charge in [0.2, 0.25) is 0 Å². The molecule has 12 heteroatoms. The first-order valence-electron chi connectivity index (χ1n) is 14.8. The number of carbonyl (C=O) groups is 8. The van der Waals surface area contributed by atoms with Crippen molar-refractivity contribution in [2.75, 3.05) is 13.1 Å². The minimum atomic E-state index is -1.70. The Morgan fingerprint density at radius 2 is 1.27 bits per heavy atom. The number of nitrogens with one attached hydrogen (secondary N) is 1. The minimum Gasteiger partial charge on any atom is -0.444 e. The number of Topliss-reactive ketones (excluding diaryl/α,β-unsaturated/α-hetero) is 6. The molecule has 0 unspecified atom stereocenters. The molecule has 1 saturated heterocycles. The van der Waals surface area contributed by atoms with Gasteiger partial charge in [-0.3, -0.25) is 33.7 Å². The normalized spacial score (nSPS) is 18.9. The third kappa shape index (κ3) is 6.63. The number of likely N-dealkylation sites (tertiary alicyclic amines) is 1. The van der Waals surface area contributed by atoms with E-state index in [1.165, 1.54) is 4.90 Å². The number of fused-ring (bicyclic) bond motifs is 2. The molecule has 12 nitrogen and oxygen atoms in total. The Labute approximate surface area is 255 Å². The quantitative estimate of drug-likeness (QED) is 0.336. The molecule has 1 atom stereocenters. The summed E-state index contributed by atoms with van der Waals surface area (Å²) in [7, 11) is 0. The van der Waals surface area contributed by atoms with Crippen molar-refractivity contribution in [2.45, 2.75) is 90.9 Å². The number of ketones is 6. The molecule has 44 heavy (non-hydrogen) atoms. The van der Waals surface area contributed by atoms with Crippen LogP contribution < -0.4 is 5.32 Å². The van der Waals surface area contributed by atoms with E-state index < -0.39 is 76.0 Å². The Morgan fingerprint density at radius 1 is 0.773 bits per heavy atom. The highest BCUT2D eigenvalue weighted by Gasteiger charge is 2.51. The molecule has 0 saturated carbocycles. The fourth-order valence-electron chi connectivity index (χ4n) is 5.69. The van der Waals surface area contributed by atoms with Crippen LogP contribution in [-0.4, -0.2) is 82.1 Å². The minimum absolute atomic E-state index is 0.0875. The van der Waals surface area contributed by atoms with Gasteiger partial charge in [-0.1, -0.05) is 0 Å². The second-order valence-electron chi connectivity index (χ2n) is 13.4. The van der Waals surface area contributed by atoms with Crippen LogP contribution in [0.1, 0.15) is 115 Å². The average Bonchev–Trinajstić information content (AvgIpc) is 3.55. The van der Waals surface area contributed by atoms with Crippen LogP contribution >= 0.6 is 0 Å². The Bertz CT molecular complexity index is 1410. The van der Waals surface area contributed by atoms with Crippen molar-refractivity contribution >= 4 is 46.9 Å². The third-order valence-electron chi connectivity index (χ3n) is 7.60. The summed E-state index contributed by atoms with van der Waals surface area (Å²) in [6.07, 6.45) is 0.0757. The molecule has 0 radical (unpaired) electrons. The number of rotatable bonds is 8. The van der Waals surface area contributed by atoms with Crippen LogP contribution in [0.15, 0.2) is 12.1 Å². The molecule has 2 amide bonds. The number of benzene rings is 1. The number of hydrogen-bond donors (Lipinski definition) is 1. The van der Waals surface area contributed by atoms with Crippen LogP contribution in [0.4, 0.5) is 9.59 Å². The van der Waals surface area contributed by atoms with Crippen molar-refractivity contribution in [1.29, 1.82) is 0 Å². The first-order valence-corrected chi connectivity index (χ1v) is 14.8. The summed E-state index contributed by atoms with van der Waals surface area (Å²) in [6.45, 7) is 10.7. The molecule has 236 valence electrons. The van der Waals surface area contributed by atoms with Gasteiger partial charge in [0.15, 0.2) is 34.7 Å². The molecular weight excluding hydrogens is 572 g/mol. The number of carbonyl (C=O) groups excluding carboxylic acids is 8. The molecule has 2 aliphatic carbocycles. The highest BCUT2D eigenvalue weighted by atomic mass is 16.6. The Balaban J connectivity index is 1.42. The Hall–Kier alpha value is -4.22. The zero-order valence-corrected chi connectivity index (χ0v) is 25.9. The van der Waals surface area contributed by atoms with Gasteiger partial charge in [-0.25, -0.2) is 9.59 Å². The fourth-order valence-corrected chi connectivity index (χ4v) is 5.69. The lowest BCUT2D eigenvalue weighted by atomic mass is 9.92. The van der Waals surface area contributed by atoms with Gasteiger partial charge in [0.1, 0.15) is 23.0 Å². The van der Waals surface area contributed by atoms with Gasteiger partial charge in [-0.05, 0) is 79.4 Å². The molecule has 0 bridgehead atoms. The second-order valence-corrected chi connectivity index (χ2v) is 13.4. The van der Waals surface area contributed by atoms with E-state index >= 15 is 0 Å². The van der Waals surface area contributed by atoms with E-state index in [0.29, 0.717) is 19.3 Å². The molecule has 1 aromatic rings. The number of ether oxygens (including phenoxy) is 2. The summed E-state index contributed by atoms with van der Waals surface area (Å²) in [5, 5.41) is 2.57. The first kappa shape index (κ1) is 32.7. The number of amides is 2. The van der Waals surface area contributed by atoms with Crippen molar-refractivity contribution in [1.82, 2.24) is 10.2 Å². The van der Waals surface area contributed by atoms with Gasteiger partial charge < -0.3 is 14.8 Å². The highest BCUT2D eigenvalue weighted by molar-refractivity contribution is 6.40. The van der Waals surface area contributed by atoms with Crippen LogP contribution in [-0.2, 0) is 19.1 Å². The van der Waals surface area contributed by atoms with Gasteiger partial charge in [0.25, 0.3) is 0 Å². The van der Waals surface area contributed by atoms with E-state index in [9.17, 15) is 38.4 Å². The maximum Gasteiger partial charge on any atom is 0.410 e. The predicted molar refractivity (Wildman–Crippen MR) is 155 cm³/mol. The zero-order valence-electron chi connectivity index (χ0n) is 25.9. The maximum atomic E-state index is 13.5. The van der Waals surface area contributed by atoms with Gasteiger partial charge >= 0.3 is 12.2 Å². The van der Waals surface area contributed by atoms with Crippen molar-refractivity contribution in [3.63, 3.8) is 0 Å². The van der Waals surface area contributed by atoms with Crippen molar-refractivity contribution in [3.8, 4) is 0 Å². The fraction of sp³-hybridized carbons (Fsp3) is 0.562. The van der Waals surface area contributed by atoms with Crippen LogP contribution in [0.5, 0.6) is 0 Å². The number of unbranched alkanes of at least 4 members (excludes halogenated alkanes) is 1. The lowest BCUT2D eigenvalue weighted by Crippen LogP contribution is -2.47. The van der Waals surface area contributed by atoms with Crippen LogP contribution in [0.3, 0.4) is 0 Å². The molecule has 1 aliphatic heterocycles. The molecular formula is C32H38N2O10. The van der Waals surface area contributed by atoms with E-state index in [4.69, 9.17) is 9.47 Å². The summed E-state index contributed by atoms with van der Waals surface area (Å²) < 4.78 is 10.5. The lowest BCUT2D eigenvalue weighted by Gasteiger charge is -2.28. The summed E-state index contributed by atoms with van der Waals surface area (Å²) >= 11 is 0. The maximum absolute atomic E-state index is 13.5. The Kier molecular flexibility index (Phi) is 8.95. The first-order chi connectivity index (χ1) is 20.4. The number of hydrogen-bond acceptors (Lipinski definition) is 10. The van der Waals surface area contributed by atoms with Gasteiger partial charge in [-0.2, -0.15) is 0 Å². The third-order valence-corrected chi connectivity index (χ3v) is 7.60. The number of nitrogens with zero attached hydrogens (tertiary/aromatic N) is 1. The van der Waals surface area contributed by atoms with E-state index in [-0.39, 0.29) is 48.2 Å². The molecule has 1 fully saturated rings. The van der Waals surface area contributed by atoms with Crippen molar-refractivity contribution in [3.05, 3.63) is 34.4 Å². The van der Waals surface area contributed by atoms with Crippen LogP contribution in [0.25, 0.3) is 0 Å². The van der Waals surface area contributed by atoms with Crippen molar-refractivity contribution < 1.29 is 47.8 Å². The SMILES string of the molecule is CC(C)(C)OC(=O)NCCCCC(=O)C1C(=O)c2cc3c(cc2C1=O)C(=O)C(C(=O)[C@@H]1CCCN1C(=O)OC(C)(C)C)C3=O. The van der Waals surface area contributed by atoms with E-state index in [0.717, 1.165) is 12.1 Å². The predicted octanol–water partition coefficient (Wildman–Crippen LogP) is 3.91. The molecule has 0 spiro atoms. The standard InChI is InChI=1S/C32H38N2O10/c1-31(2,3)43-29(41)33-12-8-7-11-21(35)22-24(36)16-14-18-19(15-17(16)25(22)37)27(39)23(26(18)38)28(40)20-10-9-13-34(20)30(42)44-32(4,5)6/h14-15,20,22-23H,7-13H2,1-6H3,(H,33,41)/t20-,22?,23?/m0/s1. The van der Waals surface area contributed by atoms with E-state index in [2.05, 4.69) is 5.32 Å². The summed E-state index contributed by atoms with van der Waals surface area (Å²) in [5.41, 5.74) is -2.04. The summed E-state index contributed by atoms with van der Waals surface area (Å²) in [5.74, 6) is -7.72. The van der Waals surface area contributed by atoms with Gasteiger partial charge in [0.05, 0.1) is 6.04 Å². The summed E-state index contributed by atoms with van der Waals surface area (Å²) in [6, 6.07) is 1.25.